The molecular weight excluding hydrogens is 281 g/mol. The molecular formula is C14H11Cl2N3. The van der Waals surface area contributed by atoms with Crippen molar-refractivity contribution in [3.8, 4) is 5.69 Å². The summed E-state index contributed by atoms with van der Waals surface area (Å²) in [6, 6.07) is 11.5. The van der Waals surface area contributed by atoms with Gasteiger partial charge in [0.25, 0.3) is 0 Å². The van der Waals surface area contributed by atoms with Crippen LogP contribution in [0.3, 0.4) is 0 Å². The van der Waals surface area contributed by atoms with E-state index in [-0.39, 0.29) is 0 Å². The zero-order valence-electron chi connectivity index (χ0n) is 10.1. The maximum absolute atomic E-state index is 6.28. The number of aryl methyl sites for hydroxylation is 1. The minimum Gasteiger partial charge on any atom is -0.279 e. The average Bonchev–Trinajstić information content (AvgIpc) is 2.78. The van der Waals surface area contributed by atoms with Crippen LogP contribution in [-0.4, -0.2) is 20.4 Å². The van der Waals surface area contributed by atoms with Gasteiger partial charge < -0.3 is 0 Å². The third-order valence-corrected chi connectivity index (χ3v) is 3.41. The second-order valence-electron chi connectivity index (χ2n) is 4.10. The number of fused-ring (bicyclic) bond motifs is 1. The normalized spacial score (nSPS) is 11.1. The molecule has 0 N–H and O–H groups in total. The molecule has 19 heavy (non-hydrogen) atoms. The molecule has 3 rings (SSSR count). The molecule has 0 spiro atoms. The van der Waals surface area contributed by atoms with Gasteiger partial charge in [0.1, 0.15) is 11.3 Å². The number of aromatic nitrogens is 3. The van der Waals surface area contributed by atoms with Crippen molar-refractivity contribution in [2.75, 3.05) is 5.88 Å². The van der Waals surface area contributed by atoms with E-state index in [1.807, 2.05) is 41.0 Å². The molecule has 0 aliphatic carbocycles. The summed E-state index contributed by atoms with van der Waals surface area (Å²) < 4.78 is 1.97. The quantitative estimate of drug-likeness (QED) is 0.686. The Bertz CT molecular complexity index is 722. The van der Waals surface area contributed by atoms with Gasteiger partial charge >= 0.3 is 0 Å². The Morgan fingerprint density at radius 3 is 2.74 bits per heavy atom. The van der Waals surface area contributed by atoms with Crippen molar-refractivity contribution in [2.24, 2.45) is 0 Å². The van der Waals surface area contributed by atoms with Gasteiger partial charge in [-0.25, -0.2) is 9.97 Å². The summed E-state index contributed by atoms with van der Waals surface area (Å²) in [6.45, 7) is 0. The lowest BCUT2D eigenvalue weighted by Gasteiger charge is -2.09. The van der Waals surface area contributed by atoms with Gasteiger partial charge in [0.05, 0.1) is 10.7 Å². The summed E-state index contributed by atoms with van der Waals surface area (Å²) in [5.74, 6) is 1.38. The topological polar surface area (TPSA) is 30.7 Å². The van der Waals surface area contributed by atoms with Crippen molar-refractivity contribution >= 4 is 34.4 Å². The summed E-state index contributed by atoms with van der Waals surface area (Å²) in [5, 5.41) is 0.670. The van der Waals surface area contributed by atoms with Gasteiger partial charge in [0, 0.05) is 18.5 Å². The van der Waals surface area contributed by atoms with Gasteiger partial charge in [-0.3, -0.25) is 4.57 Å². The van der Waals surface area contributed by atoms with Crippen LogP contribution in [0.1, 0.15) is 5.82 Å². The van der Waals surface area contributed by atoms with Crippen LogP contribution in [0, 0.1) is 0 Å². The molecule has 0 fully saturated rings. The molecule has 0 atom stereocenters. The lowest BCUT2D eigenvalue weighted by Crippen LogP contribution is -2.03. The molecule has 96 valence electrons. The van der Waals surface area contributed by atoms with E-state index in [4.69, 9.17) is 23.2 Å². The van der Waals surface area contributed by atoms with Gasteiger partial charge in [0.15, 0.2) is 5.65 Å². The number of para-hydroxylation sites is 1. The van der Waals surface area contributed by atoms with Gasteiger partial charge in [-0.2, -0.15) is 0 Å². The van der Waals surface area contributed by atoms with Crippen LogP contribution in [0.2, 0.25) is 5.02 Å². The van der Waals surface area contributed by atoms with Gasteiger partial charge in [0.2, 0.25) is 0 Å². The number of hydrogen-bond acceptors (Lipinski definition) is 2. The highest BCUT2D eigenvalue weighted by Gasteiger charge is 2.14. The van der Waals surface area contributed by atoms with Gasteiger partial charge in [-0.1, -0.05) is 23.7 Å². The first kappa shape index (κ1) is 12.5. The Labute approximate surface area is 120 Å². The van der Waals surface area contributed by atoms with Crippen molar-refractivity contribution in [2.45, 2.75) is 6.42 Å². The van der Waals surface area contributed by atoms with Crippen LogP contribution in [0.4, 0.5) is 0 Å². The molecule has 0 amide bonds. The second-order valence-corrected chi connectivity index (χ2v) is 4.89. The fourth-order valence-corrected chi connectivity index (χ4v) is 2.49. The molecule has 0 saturated carbocycles. The Balaban J connectivity index is 2.31. The van der Waals surface area contributed by atoms with Crippen molar-refractivity contribution in [1.29, 1.82) is 0 Å². The van der Waals surface area contributed by atoms with E-state index in [1.165, 1.54) is 0 Å². The van der Waals surface area contributed by atoms with Crippen molar-refractivity contribution in [1.82, 2.24) is 14.5 Å². The molecule has 0 aliphatic heterocycles. The molecule has 0 radical (unpaired) electrons. The SMILES string of the molecule is ClCCc1nc2cccnc2n1-c1ccccc1Cl. The summed E-state index contributed by atoms with van der Waals surface area (Å²) in [4.78, 5) is 8.98. The van der Waals surface area contributed by atoms with E-state index < -0.39 is 0 Å². The fraction of sp³-hybridized carbons (Fsp3) is 0.143. The molecule has 2 aromatic heterocycles. The number of alkyl halides is 1. The lowest BCUT2D eigenvalue weighted by molar-refractivity contribution is 0.905. The summed E-state index contributed by atoms with van der Waals surface area (Å²) in [6.07, 6.45) is 2.42. The number of nitrogens with zero attached hydrogens (tertiary/aromatic N) is 3. The predicted octanol–water partition coefficient (Wildman–Crippen LogP) is 3.86. The standard InChI is InChI=1S/C14H11Cl2N3/c15-8-7-13-18-11-5-3-9-17-14(11)19(13)12-6-2-1-4-10(12)16/h1-6,9H,7-8H2. The van der Waals surface area contributed by atoms with Crippen LogP contribution < -0.4 is 0 Å². The monoisotopic (exact) mass is 291 g/mol. The van der Waals surface area contributed by atoms with Crippen LogP contribution in [0.5, 0.6) is 0 Å². The lowest BCUT2D eigenvalue weighted by atomic mass is 10.3. The van der Waals surface area contributed by atoms with Crippen LogP contribution >= 0.6 is 23.2 Å². The van der Waals surface area contributed by atoms with E-state index in [2.05, 4.69) is 9.97 Å². The molecule has 0 unspecified atom stereocenters. The minimum absolute atomic E-state index is 0.508. The second kappa shape index (κ2) is 5.19. The molecule has 0 saturated heterocycles. The third kappa shape index (κ3) is 2.20. The highest BCUT2D eigenvalue weighted by molar-refractivity contribution is 6.32. The summed E-state index contributed by atoms with van der Waals surface area (Å²) in [7, 11) is 0. The van der Waals surface area contributed by atoms with Gasteiger partial charge in [-0.15, -0.1) is 11.6 Å². The molecule has 0 bridgehead atoms. The number of halogens is 2. The molecule has 2 heterocycles. The largest absolute Gasteiger partial charge is 0.279 e. The van der Waals surface area contributed by atoms with E-state index in [9.17, 15) is 0 Å². The first-order valence-corrected chi connectivity index (χ1v) is 6.85. The predicted molar refractivity (Wildman–Crippen MR) is 78.3 cm³/mol. The maximum Gasteiger partial charge on any atom is 0.164 e. The number of pyridine rings is 1. The number of imidazole rings is 1. The first-order chi connectivity index (χ1) is 9.31. The van der Waals surface area contributed by atoms with Crippen molar-refractivity contribution in [3.05, 3.63) is 53.4 Å². The van der Waals surface area contributed by atoms with Crippen LogP contribution in [0.15, 0.2) is 42.6 Å². The third-order valence-electron chi connectivity index (χ3n) is 2.90. The molecule has 5 heteroatoms. The van der Waals surface area contributed by atoms with Crippen molar-refractivity contribution in [3.63, 3.8) is 0 Å². The first-order valence-electron chi connectivity index (χ1n) is 5.94. The molecule has 3 aromatic rings. The zero-order chi connectivity index (χ0) is 13.2. The Hall–Kier alpha value is -1.58. The van der Waals surface area contributed by atoms with Crippen LogP contribution in [-0.2, 0) is 6.42 Å². The Morgan fingerprint density at radius 1 is 1.11 bits per heavy atom. The van der Waals surface area contributed by atoms with Crippen LogP contribution in [0.25, 0.3) is 16.9 Å². The van der Waals surface area contributed by atoms with E-state index in [0.29, 0.717) is 17.3 Å². The molecule has 3 nitrogen and oxygen atoms in total. The van der Waals surface area contributed by atoms with E-state index in [0.717, 1.165) is 22.7 Å². The highest BCUT2D eigenvalue weighted by Crippen LogP contribution is 2.25. The fourth-order valence-electron chi connectivity index (χ4n) is 2.10. The summed E-state index contributed by atoms with van der Waals surface area (Å²) >= 11 is 12.1. The van der Waals surface area contributed by atoms with Crippen molar-refractivity contribution < 1.29 is 0 Å². The summed E-state index contributed by atoms with van der Waals surface area (Å²) in [5.41, 5.74) is 2.53. The zero-order valence-corrected chi connectivity index (χ0v) is 11.6. The smallest absolute Gasteiger partial charge is 0.164 e. The van der Waals surface area contributed by atoms with E-state index in [1.54, 1.807) is 6.20 Å². The molecule has 1 aromatic carbocycles. The number of hydrogen-bond donors (Lipinski definition) is 0. The highest BCUT2D eigenvalue weighted by atomic mass is 35.5. The molecule has 0 aliphatic rings. The Kier molecular flexibility index (Phi) is 3.40. The van der Waals surface area contributed by atoms with E-state index >= 15 is 0 Å². The average molecular weight is 292 g/mol. The number of rotatable bonds is 3. The van der Waals surface area contributed by atoms with Gasteiger partial charge in [-0.05, 0) is 24.3 Å². The maximum atomic E-state index is 6.28. The number of benzene rings is 1. The Morgan fingerprint density at radius 2 is 1.95 bits per heavy atom. The minimum atomic E-state index is 0.508.